The summed E-state index contributed by atoms with van der Waals surface area (Å²) >= 11 is 0. The Morgan fingerprint density at radius 1 is 1.35 bits per heavy atom. The average molecular weight is 234 g/mol. The Morgan fingerprint density at radius 2 is 2.06 bits per heavy atom. The molecule has 0 radical (unpaired) electrons. The number of aromatic carboxylic acids is 1. The zero-order valence-corrected chi connectivity index (χ0v) is 8.98. The first-order valence-electron chi connectivity index (χ1n) is 4.91. The number of imide groups is 1. The summed E-state index contributed by atoms with van der Waals surface area (Å²) < 4.78 is 0. The predicted octanol–water partition coefficient (Wildman–Crippen LogP) is 0.439. The molecule has 88 valence electrons. The van der Waals surface area contributed by atoms with Crippen molar-refractivity contribution in [3.8, 4) is 0 Å². The molecule has 1 heterocycles. The zero-order chi connectivity index (χ0) is 12.6. The molecule has 0 unspecified atom stereocenters. The van der Waals surface area contributed by atoms with E-state index in [1.165, 1.54) is 25.1 Å². The molecule has 6 nitrogen and oxygen atoms in total. The molecular formula is C11H10N2O4. The van der Waals surface area contributed by atoms with Crippen molar-refractivity contribution >= 4 is 17.9 Å². The van der Waals surface area contributed by atoms with Crippen LogP contribution < -0.4 is 10.6 Å². The van der Waals surface area contributed by atoms with Gasteiger partial charge in [-0.2, -0.15) is 0 Å². The van der Waals surface area contributed by atoms with Gasteiger partial charge in [0.1, 0.15) is 5.54 Å². The smallest absolute Gasteiger partial charge is 0.335 e. The standard InChI is InChI=1S/C11H10N2O4/c1-11(9(16)12-10(17)13-11)7-4-2-3-6(5-7)8(14)15/h2-5H,1H3,(H,14,15)(H2,12,13,16,17)/t11-/m1/s1. The summed E-state index contributed by atoms with van der Waals surface area (Å²) in [4.78, 5) is 33.6. The number of rotatable bonds is 2. The molecule has 1 saturated heterocycles. The number of carbonyl (C=O) groups is 3. The molecule has 1 aliphatic heterocycles. The molecule has 0 spiro atoms. The maximum absolute atomic E-state index is 11.6. The summed E-state index contributed by atoms with van der Waals surface area (Å²) in [6, 6.07) is 5.33. The van der Waals surface area contributed by atoms with Crippen LogP contribution in [0.5, 0.6) is 0 Å². The molecule has 0 saturated carbocycles. The number of amides is 3. The summed E-state index contributed by atoms with van der Waals surface area (Å²) in [6.07, 6.45) is 0. The first kappa shape index (κ1) is 11.1. The van der Waals surface area contributed by atoms with Crippen LogP contribution in [-0.2, 0) is 10.3 Å². The fraction of sp³-hybridized carbons (Fsp3) is 0.182. The van der Waals surface area contributed by atoms with Crippen molar-refractivity contribution in [2.24, 2.45) is 0 Å². The van der Waals surface area contributed by atoms with E-state index in [1.807, 2.05) is 0 Å². The van der Waals surface area contributed by atoms with Gasteiger partial charge in [0.2, 0.25) is 0 Å². The number of benzene rings is 1. The van der Waals surface area contributed by atoms with Crippen molar-refractivity contribution in [2.75, 3.05) is 0 Å². The van der Waals surface area contributed by atoms with E-state index in [2.05, 4.69) is 10.6 Å². The van der Waals surface area contributed by atoms with Gasteiger partial charge in [-0.25, -0.2) is 9.59 Å². The van der Waals surface area contributed by atoms with Gasteiger partial charge in [0.25, 0.3) is 5.91 Å². The minimum absolute atomic E-state index is 0.0673. The van der Waals surface area contributed by atoms with Gasteiger partial charge in [0.15, 0.2) is 0 Å². The van der Waals surface area contributed by atoms with Gasteiger partial charge in [-0.15, -0.1) is 0 Å². The quantitative estimate of drug-likeness (QED) is 0.647. The van der Waals surface area contributed by atoms with Crippen LogP contribution in [0.1, 0.15) is 22.8 Å². The van der Waals surface area contributed by atoms with Gasteiger partial charge < -0.3 is 10.4 Å². The van der Waals surface area contributed by atoms with Crippen molar-refractivity contribution in [2.45, 2.75) is 12.5 Å². The van der Waals surface area contributed by atoms with Gasteiger partial charge >= 0.3 is 12.0 Å². The van der Waals surface area contributed by atoms with E-state index in [-0.39, 0.29) is 5.56 Å². The van der Waals surface area contributed by atoms with Gasteiger partial charge in [-0.3, -0.25) is 10.1 Å². The van der Waals surface area contributed by atoms with Crippen LogP contribution in [0.25, 0.3) is 0 Å². The summed E-state index contributed by atoms with van der Waals surface area (Å²) in [5, 5.41) is 13.5. The third-order valence-corrected chi connectivity index (χ3v) is 2.73. The number of carboxylic acid groups (broad SMARTS) is 1. The Kier molecular flexibility index (Phi) is 2.35. The molecule has 3 amide bonds. The van der Waals surface area contributed by atoms with Crippen LogP contribution in [-0.4, -0.2) is 23.0 Å². The summed E-state index contributed by atoms with van der Waals surface area (Å²) in [5.41, 5.74) is -0.721. The van der Waals surface area contributed by atoms with Crippen LogP contribution in [0.4, 0.5) is 4.79 Å². The Balaban J connectivity index is 2.47. The molecule has 1 fully saturated rings. The minimum atomic E-state index is -1.22. The second-order valence-corrected chi connectivity index (χ2v) is 3.92. The Labute approximate surface area is 96.6 Å². The maximum Gasteiger partial charge on any atom is 0.335 e. The Hall–Kier alpha value is -2.37. The monoisotopic (exact) mass is 234 g/mol. The lowest BCUT2D eigenvalue weighted by atomic mass is 9.91. The first-order valence-corrected chi connectivity index (χ1v) is 4.91. The summed E-state index contributed by atoms with van der Waals surface area (Å²) in [5.74, 6) is -1.58. The molecule has 0 aliphatic carbocycles. The summed E-state index contributed by atoms with van der Waals surface area (Å²) in [6.45, 7) is 1.52. The van der Waals surface area contributed by atoms with Crippen LogP contribution in [0.2, 0.25) is 0 Å². The van der Waals surface area contributed by atoms with Crippen LogP contribution in [0.3, 0.4) is 0 Å². The van der Waals surface area contributed by atoms with E-state index in [4.69, 9.17) is 5.11 Å². The SMILES string of the molecule is C[C@]1(c2cccc(C(=O)O)c2)NC(=O)NC1=O. The lowest BCUT2D eigenvalue weighted by Crippen LogP contribution is -2.40. The van der Waals surface area contributed by atoms with Crippen molar-refractivity contribution in [1.82, 2.24) is 10.6 Å². The second kappa shape index (κ2) is 3.58. The van der Waals surface area contributed by atoms with Crippen molar-refractivity contribution in [1.29, 1.82) is 0 Å². The zero-order valence-electron chi connectivity index (χ0n) is 8.98. The average Bonchev–Trinajstić information content (AvgIpc) is 2.54. The molecule has 1 aromatic rings. The van der Waals surface area contributed by atoms with Gasteiger partial charge in [-0.05, 0) is 24.6 Å². The fourth-order valence-corrected chi connectivity index (χ4v) is 1.71. The largest absolute Gasteiger partial charge is 0.478 e. The summed E-state index contributed by atoms with van der Waals surface area (Å²) in [7, 11) is 0. The van der Waals surface area contributed by atoms with Gasteiger partial charge in [0, 0.05) is 0 Å². The number of carbonyl (C=O) groups excluding carboxylic acids is 2. The maximum atomic E-state index is 11.6. The molecule has 0 aromatic heterocycles. The highest BCUT2D eigenvalue weighted by atomic mass is 16.4. The van der Waals surface area contributed by atoms with Crippen molar-refractivity contribution in [3.05, 3.63) is 35.4 Å². The lowest BCUT2D eigenvalue weighted by molar-refractivity contribution is -0.123. The third-order valence-electron chi connectivity index (χ3n) is 2.73. The fourth-order valence-electron chi connectivity index (χ4n) is 1.71. The lowest BCUT2D eigenvalue weighted by Gasteiger charge is -2.21. The predicted molar refractivity (Wildman–Crippen MR) is 57.4 cm³/mol. The van der Waals surface area contributed by atoms with E-state index < -0.39 is 23.4 Å². The number of hydrogen-bond donors (Lipinski definition) is 3. The number of hydrogen-bond acceptors (Lipinski definition) is 3. The molecule has 2 rings (SSSR count). The van der Waals surface area contributed by atoms with Crippen LogP contribution in [0.15, 0.2) is 24.3 Å². The number of nitrogens with one attached hydrogen (secondary N) is 2. The normalized spacial score (nSPS) is 23.1. The molecular weight excluding hydrogens is 224 g/mol. The topological polar surface area (TPSA) is 95.5 Å². The highest BCUT2D eigenvalue weighted by Crippen LogP contribution is 2.24. The highest BCUT2D eigenvalue weighted by molar-refractivity contribution is 6.07. The van der Waals surface area contributed by atoms with E-state index in [0.29, 0.717) is 5.56 Å². The van der Waals surface area contributed by atoms with Gasteiger partial charge in [0.05, 0.1) is 5.56 Å². The van der Waals surface area contributed by atoms with Crippen LogP contribution in [0, 0.1) is 0 Å². The molecule has 0 bridgehead atoms. The Bertz CT molecular complexity index is 526. The molecule has 1 aromatic carbocycles. The van der Waals surface area contributed by atoms with E-state index in [9.17, 15) is 14.4 Å². The van der Waals surface area contributed by atoms with E-state index in [1.54, 1.807) is 6.07 Å². The van der Waals surface area contributed by atoms with Crippen LogP contribution >= 0.6 is 0 Å². The number of urea groups is 1. The molecule has 3 N–H and O–H groups in total. The van der Waals surface area contributed by atoms with Crippen molar-refractivity contribution in [3.63, 3.8) is 0 Å². The number of carboxylic acids is 1. The minimum Gasteiger partial charge on any atom is -0.478 e. The molecule has 17 heavy (non-hydrogen) atoms. The first-order chi connectivity index (χ1) is 7.93. The van der Waals surface area contributed by atoms with E-state index in [0.717, 1.165) is 0 Å². The van der Waals surface area contributed by atoms with Crippen molar-refractivity contribution < 1.29 is 19.5 Å². The third kappa shape index (κ3) is 1.73. The molecule has 6 heteroatoms. The highest BCUT2D eigenvalue weighted by Gasteiger charge is 2.43. The second-order valence-electron chi connectivity index (χ2n) is 3.92. The molecule has 1 aliphatic rings. The van der Waals surface area contributed by atoms with Gasteiger partial charge in [-0.1, -0.05) is 12.1 Å². The molecule has 1 atom stereocenters. The Morgan fingerprint density at radius 3 is 2.59 bits per heavy atom. The van der Waals surface area contributed by atoms with E-state index >= 15 is 0 Å².